The average Bonchev–Trinajstić information content (AvgIpc) is 2.85. The van der Waals surface area contributed by atoms with Crippen molar-refractivity contribution in [2.75, 3.05) is 18.4 Å². The van der Waals surface area contributed by atoms with Crippen molar-refractivity contribution in [2.45, 2.75) is 0 Å². The first-order chi connectivity index (χ1) is 9.74. The molecule has 3 N–H and O–H groups in total. The Hall–Kier alpha value is -2.34. The number of thiocarbonyl (C=S) groups is 1. The molecule has 1 saturated heterocycles. The Labute approximate surface area is 121 Å². The number of anilines is 1. The molecule has 2 amide bonds. The first-order valence-corrected chi connectivity index (χ1v) is 6.75. The van der Waals surface area contributed by atoms with E-state index in [0.29, 0.717) is 11.7 Å². The molecule has 5 nitrogen and oxygen atoms in total. The zero-order chi connectivity index (χ0) is 13.9. The molecule has 2 aromatic rings. The molecule has 1 fully saturated rings. The van der Waals surface area contributed by atoms with Gasteiger partial charge in [-0.3, -0.25) is 5.01 Å². The van der Waals surface area contributed by atoms with Gasteiger partial charge in [-0.1, -0.05) is 36.4 Å². The van der Waals surface area contributed by atoms with Crippen LogP contribution in [0.25, 0.3) is 10.8 Å². The van der Waals surface area contributed by atoms with Gasteiger partial charge in [0.2, 0.25) is 0 Å². The normalized spacial score (nSPS) is 14.2. The van der Waals surface area contributed by atoms with Crippen molar-refractivity contribution in [2.24, 2.45) is 0 Å². The van der Waals surface area contributed by atoms with Gasteiger partial charge >= 0.3 is 6.03 Å². The lowest BCUT2D eigenvalue weighted by Gasteiger charge is -2.18. The number of fused-ring (bicyclic) bond motifs is 1. The Morgan fingerprint density at radius 1 is 1.20 bits per heavy atom. The van der Waals surface area contributed by atoms with E-state index in [-0.39, 0.29) is 6.03 Å². The van der Waals surface area contributed by atoms with E-state index in [0.717, 1.165) is 23.0 Å². The molecule has 0 bridgehead atoms. The molecule has 6 heteroatoms. The van der Waals surface area contributed by atoms with Crippen molar-refractivity contribution in [1.82, 2.24) is 15.8 Å². The van der Waals surface area contributed by atoms with Gasteiger partial charge in [0.25, 0.3) is 0 Å². The predicted octanol–water partition coefficient (Wildman–Crippen LogP) is 2.07. The second-order valence-electron chi connectivity index (χ2n) is 4.48. The number of carbonyl (C=O) groups is 1. The first-order valence-electron chi connectivity index (χ1n) is 6.35. The van der Waals surface area contributed by atoms with Gasteiger partial charge in [0.1, 0.15) is 0 Å². The molecule has 0 aliphatic carbocycles. The first kappa shape index (κ1) is 12.7. The van der Waals surface area contributed by atoms with E-state index >= 15 is 0 Å². The van der Waals surface area contributed by atoms with E-state index in [1.54, 1.807) is 5.01 Å². The summed E-state index contributed by atoms with van der Waals surface area (Å²) < 4.78 is 0. The van der Waals surface area contributed by atoms with E-state index in [1.807, 2.05) is 42.5 Å². The van der Waals surface area contributed by atoms with Gasteiger partial charge in [0, 0.05) is 11.9 Å². The van der Waals surface area contributed by atoms with Gasteiger partial charge in [-0.25, -0.2) is 10.2 Å². The molecule has 1 heterocycles. The number of carbonyl (C=O) groups excluding carboxylic acids is 1. The number of rotatable bonds is 2. The van der Waals surface area contributed by atoms with Crippen molar-refractivity contribution >= 4 is 39.8 Å². The van der Waals surface area contributed by atoms with Crippen molar-refractivity contribution in [3.8, 4) is 0 Å². The highest BCUT2D eigenvalue weighted by molar-refractivity contribution is 7.80. The Morgan fingerprint density at radius 2 is 2.00 bits per heavy atom. The number of amides is 2. The SMILES string of the molecule is O=C(Nc1cccc2ccccc12)NN1CCNC1=S. The van der Waals surface area contributed by atoms with Crippen LogP contribution in [0, 0.1) is 0 Å². The molecule has 0 atom stereocenters. The molecule has 0 aromatic heterocycles. The van der Waals surface area contributed by atoms with Crippen LogP contribution in [-0.4, -0.2) is 29.2 Å². The summed E-state index contributed by atoms with van der Waals surface area (Å²) in [5.41, 5.74) is 3.50. The summed E-state index contributed by atoms with van der Waals surface area (Å²) in [5.74, 6) is 0. The number of nitrogens with one attached hydrogen (secondary N) is 3. The molecule has 20 heavy (non-hydrogen) atoms. The number of nitrogens with zero attached hydrogens (tertiary/aromatic N) is 1. The highest BCUT2D eigenvalue weighted by Crippen LogP contribution is 2.22. The van der Waals surface area contributed by atoms with Crippen LogP contribution in [-0.2, 0) is 0 Å². The summed E-state index contributed by atoms with van der Waals surface area (Å²) in [6, 6.07) is 13.4. The van der Waals surface area contributed by atoms with Crippen LogP contribution in [0.1, 0.15) is 0 Å². The molecular weight excluding hydrogens is 272 g/mol. The second-order valence-corrected chi connectivity index (χ2v) is 4.86. The Morgan fingerprint density at radius 3 is 2.80 bits per heavy atom. The number of urea groups is 1. The van der Waals surface area contributed by atoms with Gasteiger partial charge in [0.05, 0.1) is 12.2 Å². The van der Waals surface area contributed by atoms with Crippen molar-refractivity contribution < 1.29 is 4.79 Å². The molecule has 3 rings (SSSR count). The zero-order valence-corrected chi connectivity index (χ0v) is 11.5. The third-order valence-electron chi connectivity index (χ3n) is 3.13. The molecule has 0 saturated carbocycles. The van der Waals surface area contributed by atoms with Crippen LogP contribution < -0.4 is 16.1 Å². The minimum Gasteiger partial charge on any atom is -0.359 e. The van der Waals surface area contributed by atoms with E-state index in [1.165, 1.54) is 0 Å². The number of hydrogen-bond donors (Lipinski definition) is 3. The van der Waals surface area contributed by atoms with E-state index in [4.69, 9.17) is 12.2 Å². The maximum absolute atomic E-state index is 12.0. The minimum atomic E-state index is -0.299. The summed E-state index contributed by atoms with van der Waals surface area (Å²) in [7, 11) is 0. The summed E-state index contributed by atoms with van der Waals surface area (Å²) in [6.07, 6.45) is 0. The minimum absolute atomic E-state index is 0.299. The fraction of sp³-hybridized carbons (Fsp3) is 0.143. The Balaban J connectivity index is 1.76. The summed E-state index contributed by atoms with van der Waals surface area (Å²) in [5, 5.41) is 10.1. The van der Waals surface area contributed by atoms with Crippen LogP contribution >= 0.6 is 12.2 Å². The molecule has 1 aliphatic rings. The molecule has 102 valence electrons. The third kappa shape index (κ3) is 2.50. The Kier molecular flexibility index (Phi) is 3.39. The quantitative estimate of drug-likeness (QED) is 0.740. The van der Waals surface area contributed by atoms with Crippen molar-refractivity contribution in [3.63, 3.8) is 0 Å². The predicted molar refractivity (Wildman–Crippen MR) is 83.4 cm³/mol. The number of hydrazine groups is 1. The lowest BCUT2D eigenvalue weighted by molar-refractivity contribution is 0.233. The third-order valence-corrected chi connectivity index (χ3v) is 3.50. The summed E-state index contributed by atoms with van der Waals surface area (Å²) in [4.78, 5) is 12.0. The standard InChI is InChI=1S/C14H14N4OS/c19-13(17-18-9-8-15-14(18)20)16-12-7-3-5-10-4-1-2-6-11(10)12/h1-7H,8-9H2,(H,15,20)(H2,16,17,19). The molecule has 0 spiro atoms. The van der Waals surface area contributed by atoms with Crippen molar-refractivity contribution in [1.29, 1.82) is 0 Å². The topological polar surface area (TPSA) is 56.4 Å². The number of benzene rings is 2. The van der Waals surface area contributed by atoms with E-state index in [9.17, 15) is 4.79 Å². The van der Waals surface area contributed by atoms with Crippen LogP contribution in [0.3, 0.4) is 0 Å². The smallest absolute Gasteiger partial charge is 0.338 e. The highest BCUT2D eigenvalue weighted by Gasteiger charge is 2.18. The highest BCUT2D eigenvalue weighted by atomic mass is 32.1. The average molecular weight is 286 g/mol. The van der Waals surface area contributed by atoms with Gasteiger partial charge in [0.15, 0.2) is 5.11 Å². The lowest BCUT2D eigenvalue weighted by Crippen LogP contribution is -2.45. The van der Waals surface area contributed by atoms with Crippen LogP contribution in [0.4, 0.5) is 10.5 Å². The number of hydrogen-bond acceptors (Lipinski definition) is 2. The molecule has 0 unspecified atom stereocenters. The monoisotopic (exact) mass is 286 g/mol. The summed E-state index contributed by atoms with van der Waals surface area (Å²) in [6.45, 7) is 1.41. The van der Waals surface area contributed by atoms with Gasteiger partial charge in [-0.05, 0) is 23.7 Å². The molecule has 1 aliphatic heterocycles. The Bertz CT molecular complexity index is 668. The lowest BCUT2D eigenvalue weighted by atomic mass is 10.1. The maximum atomic E-state index is 12.0. The fourth-order valence-electron chi connectivity index (χ4n) is 2.19. The van der Waals surface area contributed by atoms with Crippen molar-refractivity contribution in [3.05, 3.63) is 42.5 Å². The van der Waals surface area contributed by atoms with E-state index < -0.39 is 0 Å². The zero-order valence-electron chi connectivity index (χ0n) is 10.7. The molecular formula is C14H14N4OS. The molecule has 2 aromatic carbocycles. The summed E-state index contributed by atoms with van der Waals surface area (Å²) >= 11 is 5.07. The largest absolute Gasteiger partial charge is 0.359 e. The fourth-order valence-corrected chi connectivity index (χ4v) is 2.42. The maximum Gasteiger partial charge on any atom is 0.338 e. The molecule has 0 radical (unpaired) electrons. The second kappa shape index (κ2) is 5.34. The van der Waals surface area contributed by atoms with Crippen LogP contribution in [0.15, 0.2) is 42.5 Å². The van der Waals surface area contributed by atoms with Crippen LogP contribution in [0.2, 0.25) is 0 Å². The van der Waals surface area contributed by atoms with Gasteiger partial charge in [-0.15, -0.1) is 0 Å². The van der Waals surface area contributed by atoms with Gasteiger partial charge in [-0.2, -0.15) is 0 Å². The van der Waals surface area contributed by atoms with Crippen LogP contribution in [0.5, 0.6) is 0 Å². The van der Waals surface area contributed by atoms with E-state index in [2.05, 4.69) is 16.1 Å². The van der Waals surface area contributed by atoms with Gasteiger partial charge < -0.3 is 10.6 Å².